The lowest BCUT2D eigenvalue weighted by Gasteiger charge is -2.33. The van der Waals surface area contributed by atoms with Gasteiger partial charge in [-0.3, -0.25) is 0 Å². The zero-order valence-electron chi connectivity index (χ0n) is 20.0. The van der Waals surface area contributed by atoms with Crippen LogP contribution in [0.1, 0.15) is 48.8 Å². The molecule has 1 fully saturated rings. The van der Waals surface area contributed by atoms with Gasteiger partial charge in [-0.1, -0.05) is 48.2 Å². The normalized spacial score (nSPS) is 15.3. The Labute approximate surface area is 210 Å². The lowest BCUT2D eigenvalue weighted by molar-refractivity contribution is 0.181. The van der Waals surface area contributed by atoms with Gasteiger partial charge in [0, 0.05) is 25.0 Å². The Balaban J connectivity index is 1.21. The predicted octanol–water partition coefficient (Wildman–Crippen LogP) is 7.29. The zero-order valence-corrected chi connectivity index (χ0v) is 20.9. The van der Waals surface area contributed by atoms with Crippen molar-refractivity contribution in [2.45, 2.75) is 42.8 Å². The minimum absolute atomic E-state index is 0.134. The number of nitrogens with zero attached hydrogens (tertiary/aromatic N) is 3. The maximum absolute atomic E-state index is 13.5. The number of fused-ring (bicyclic) bond motifs is 1. The van der Waals surface area contributed by atoms with Crippen LogP contribution in [0.4, 0.5) is 8.78 Å². The van der Waals surface area contributed by atoms with Crippen LogP contribution in [0.15, 0.2) is 78.0 Å². The van der Waals surface area contributed by atoms with Crippen molar-refractivity contribution in [2.75, 3.05) is 25.9 Å². The molecule has 1 saturated heterocycles. The van der Waals surface area contributed by atoms with E-state index < -0.39 is 0 Å². The summed E-state index contributed by atoms with van der Waals surface area (Å²) in [4.78, 5) is 7.38. The molecule has 0 radical (unpaired) electrons. The highest BCUT2D eigenvalue weighted by Gasteiger charge is 2.24. The maximum atomic E-state index is 13.5. The largest absolute Gasteiger partial charge is 0.316 e. The number of hydrogen-bond donors (Lipinski definition) is 0. The molecule has 4 aromatic rings. The van der Waals surface area contributed by atoms with Crippen LogP contribution in [0.2, 0.25) is 0 Å². The number of imidazole rings is 1. The van der Waals surface area contributed by atoms with Gasteiger partial charge in [-0.25, -0.2) is 13.8 Å². The van der Waals surface area contributed by atoms with Gasteiger partial charge in [0.1, 0.15) is 11.6 Å². The van der Waals surface area contributed by atoms with Crippen LogP contribution >= 0.6 is 11.8 Å². The van der Waals surface area contributed by atoms with Crippen LogP contribution in [0, 0.1) is 11.6 Å². The Morgan fingerprint density at radius 2 is 1.49 bits per heavy atom. The quantitative estimate of drug-likeness (QED) is 0.242. The number of aromatic nitrogens is 2. The molecule has 0 spiro atoms. The van der Waals surface area contributed by atoms with Gasteiger partial charge in [-0.2, -0.15) is 0 Å². The summed E-state index contributed by atoms with van der Waals surface area (Å²) in [5, 5.41) is 1.10. The number of hydrogen-bond acceptors (Lipinski definition) is 3. The Kier molecular flexibility index (Phi) is 7.49. The Morgan fingerprint density at radius 3 is 2.09 bits per heavy atom. The van der Waals surface area contributed by atoms with Gasteiger partial charge in [0.15, 0.2) is 5.16 Å². The van der Waals surface area contributed by atoms with Crippen LogP contribution in [0.3, 0.4) is 0 Å². The lowest BCUT2D eigenvalue weighted by Crippen LogP contribution is -2.35. The van der Waals surface area contributed by atoms with E-state index in [0.29, 0.717) is 6.04 Å². The van der Waals surface area contributed by atoms with E-state index in [2.05, 4.69) is 40.0 Å². The van der Waals surface area contributed by atoms with Crippen molar-refractivity contribution < 1.29 is 8.78 Å². The number of para-hydroxylation sites is 2. The van der Waals surface area contributed by atoms with Crippen molar-refractivity contribution in [3.8, 4) is 0 Å². The van der Waals surface area contributed by atoms with Crippen molar-refractivity contribution in [3.63, 3.8) is 0 Å². The van der Waals surface area contributed by atoms with Crippen LogP contribution in [-0.2, 0) is 0 Å². The Hall–Kier alpha value is -2.70. The van der Waals surface area contributed by atoms with Gasteiger partial charge < -0.3 is 9.47 Å². The third-order valence-corrected chi connectivity index (χ3v) is 7.83. The molecule has 2 heterocycles. The van der Waals surface area contributed by atoms with Gasteiger partial charge in [-0.05, 0) is 86.0 Å². The van der Waals surface area contributed by atoms with E-state index in [1.807, 2.05) is 24.3 Å². The molecule has 0 unspecified atom stereocenters. The summed E-state index contributed by atoms with van der Waals surface area (Å²) >= 11 is 1.72. The molecular weight excluding hydrogens is 460 g/mol. The lowest BCUT2D eigenvalue weighted by atomic mass is 9.87. The standard InChI is InChI=1S/C29H31F2N3S/c1-35-29-32-27-6-2-3-7-28(27)34(29)25-16-19-33(20-17-25)18-4-5-26(21-8-12-23(30)13-9-21)22-10-14-24(31)15-11-22/h2-3,6-15,25-26H,4-5,16-20H2,1H3. The molecule has 0 bridgehead atoms. The topological polar surface area (TPSA) is 21.1 Å². The minimum Gasteiger partial charge on any atom is -0.316 e. The van der Waals surface area contributed by atoms with Crippen LogP contribution in [-0.4, -0.2) is 40.3 Å². The first-order valence-corrected chi connectivity index (χ1v) is 13.6. The van der Waals surface area contributed by atoms with E-state index in [1.54, 1.807) is 11.8 Å². The van der Waals surface area contributed by atoms with Crippen molar-refractivity contribution in [1.82, 2.24) is 14.5 Å². The van der Waals surface area contributed by atoms with E-state index in [-0.39, 0.29) is 17.6 Å². The Morgan fingerprint density at radius 1 is 0.886 bits per heavy atom. The van der Waals surface area contributed by atoms with Crippen molar-refractivity contribution in [2.24, 2.45) is 0 Å². The summed E-state index contributed by atoms with van der Waals surface area (Å²) in [6, 6.07) is 22.4. The summed E-state index contributed by atoms with van der Waals surface area (Å²) in [7, 11) is 0. The molecular formula is C29H31F2N3S. The molecule has 1 aliphatic rings. The average molecular weight is 492 g/mol. The first-order valence-electron chi connectivity index (χ1n) is 12.4. The van der Waals surface area contributed by atoms with E-state index in [1.165, 1.54) is 29.8 Å². The number of thioether (sulfide) groups is 1. The summed E-state index contributed by atoms with van der Waals surface area (Å²) in [5.74, 6) is -0.329. The van der Waals surface area contributed by atoms with Gasteiger partial charge in [0.25, 0.3) is 0 Å². The SMILES string of the molecule is CSc1nc2ccccc2n1C1CCN(CCCC(c2ccc(F)cc2)c2ccc(F)cc2)CC1. The van der Waals surface area contributed by atoms with Gasteiger partial charge in [0.2, 0.25) is 0 Å². The molecule has 3 nitrogen and oxygen atoms in total. The highest BCUT2D eigenvalue weighted by molar-refractivity contribution is 7.98. The van der Waals surface area contributed by atoms with E-state index in [0.717, 1.165) is 67.1 Å². The second-order valence-electron chi connectivity index (χ2n) is 9.33. The minimum atomic E-state index is -0.232. The molecule has 6 heteroatoms. The number of halogens is 2. The van der Waals surface area contributed by atoms with Gasteiger partial charge >= 0.3 is 0 Å². The summed E-state index contributed by atoms with van der Waals surface area (Å²) in [6.07, 6.45) is 6.32. The Bertz CT molecular complexity index is 1200. The first-order chi connectivity index (χ1) is 17.1. The van der Waals surface area contributed by atoms with E-state index in [4.69, 9.17) is 4.98 Å². The summed E-state index contributed by atoms with van der Waals surface area (Å²) < 4.78 is 29.5. The predicted molar refractivity (Wildman–Crippen MR) is 140 cm³/mol. The molecule has 182 valence electrons. The monoisotopic (exact) mass is 491 g/mol. The van der Waals surface area contributed by atoms with Crippen molar-refractivity contribution >= 4 is 22.8 Å². The van der Waals surface area contributed by atoms with Crippen LogP contribution in [0.5, 0.6) is 0 Å². The highest BCUT2D eigenvalue weighted by atomic mass is 32.2. The fourth-order valence-corrected chi connectivity index (χ4v) is 5.99. The molecule has 1 aromatic heterocycles. The molecule has 0 aliphatic carbocycles. The number of rotatable bonds is 8. The second kappa shape index (κ2) is 10.9. The average Bonchev–Trinajstić information content (AvgIpc) is 3.27. The van der Waals surface area contributed by atoms with Crippen molar-refractivity contribution in [1.29, 1.82) is 0 Å². The molecule has 0 atom stereocenters. The van der Waals surface area contributed by atoms with Crippen molar-refractivity contribution in [3.05, 3.63) is 95.6 Å². The fourth-order valence-electron chi connectivity index (χ4n) is 5.36. The molecule has 35 heavy (non-hydrogen) atoms. The third-order valence-electron chi connectivity index (χ3n) is 7.18. The number of likely N-dealkylation sites (tertiary alicyclic amines) is 1. The first kappa shape index (κ1) is 24.0. The van der Waals surface area contributed by atoms with Gasteiger partial charge in [0.05, 0.1) is 11.0 Å². The zero-order chi connectivity index (χ0) is 24.2. The summed E-state index contributed by atoms with van der Waals surface area (Å²) in [6.45, 7) is 3.18. The third kappa shape index (κ3) is 5.44. The molecule has 0 N–H and O–H groups in total. The summed E-state index contributed by atoms with van der Waals surface area (Å²) in [5.41, 5.74) is 4.46. The highest BCUT2D eigenvalue weighted by Crippen LogP contribution is 2.33. The molecule has 1 aliphatic heterocycles. The number of piperidine rings is 1. The molecule has 0 amide bonds. The van der Waals surface area contributed by atoms with E-state index in [9.17, 15) is 8.78 Å². The second-order valence-corrected chi connectivity index (χ2v) is 10.1. The van der Waals surface area contributed by atoms with Crippen LogP contribution in [0.25, 0.3) is 11.0 Å². The number of benzene rings is 3. The van der Waals surface area contributed by atoms with Crippen LogP contribution < -0.4 is 0 Å². The molecule has 5 rings (SSSR count). The molecule has 0 saturated carbocycles. The maximum Gasteiger partial charge on any atom is 0.169 e. The fraction of sp³-hybridized carbons (Fsp3) is 0.345. The molecule has 3 aromatic carbocycles. The smallest absolute Gasteiger partial charge is 0.169 e. The van der Waals surface area contributed by atoms with Gasteiger partial charge in [-0.15, -0.1) is 0 Å². The van der Waals surface area contributed by atoms with E-state index >= 15 is 0 Å².